The second kappa shape index (κ2) is 4.00. The summed E-state index contributed by atoms with van der Waals surface area (Å²) in [5.74, 6) is 2.08. The van der Waals surface area contributed by atoms with Crippen molar-refractivity contribution in [1.29, 1.82) is 0 Å². The van der Waals surface area contributed by atoms with Crippen LogP contribution in [0.3, 0.4) is 0 Å². The standard InChI is InChI=1S/C12H23N/c1-3-12(8-10-4-5-10)13-9(2)11-6-7-11/h9-13H,3-8H2,1-2H3. The molecule has 1 heteroatoms. The summed E-state index contributed by atoms with van der Waals surface area (Å²) in [5.41, 5.74) is 0. The summed E-state index contributed by atoms with van der Waals surface area (Å²) < 4.78 is 0. The predicted octanol–water partition coefficient (Wildman–Crippen LogP) is 2.95. The first-order valence-corrected chi connectivity index (χ1v) is 6.05. The van der Waals surface area contributed by atoms with Crippen LogP contribution >= 0.6 is 0 Å². The largest absolute Gasteiger partial charge is 0.311 e. The molecule has 0 aliphatic heterocycles. The molecule has 76 valence electrons. The Bertz CT molecular complexity index is 159. The van der Waals surface area contributed by atoms with Crippen molar-refractivity contribution in [3.05, 3.63) is 0 Å². The number of hydrogen-bond donors (Lipinski definition) is 1. The lowest BCUT2D eigenvalue weighted by molar-refractivity contribution is 0.376. The second-order valence-electron chi connectivity index (χ2n) is 5.08. The molecule has 2 unspecified atom stereocenters. The first-order chi connectivity index (χ1) is 6.29. The third-order valence-electron chi connectivity index (χ3n) is 3.64. The van der Waals surface area contributed by atoms with Crippen molar-refractivity contribution < 1.29 is 0 Å². The maximum Gasteiger partial charge on any atom is 0.00696 e. The van der Waals surface area contributed by atoms with Crippen molar-refractivity contribution >= 4 is 0 Å². The van der Waals surface area contributed by atoms with Crippen molar-refractivity contribution in [2.75, 3.05) is 0 Å². The Morgan fingerprint density at radius 3 is 2.38 bits per heavy atom. The number of nitrogens with one attached hydrogen (secondary N) is 1. The van der Waals surface area contributed by atoms with Crippen molar-refractivity contribution in [2.24, 2.45) is 11.8 Å². The molecule has 1 N–H and O–H groups in total. The van der Waals surface area contributed by atoms with Gasteiger partial charge in [0.25, 0.3) is 0 Å². The third kappa shape index (κ3) is 2.98. The molecule has 0 radical (unpaired) electrons. The lowest BCUT2D eigenvalue weighted by Gasteiger charge is -2.22. The van der Waals surface area contributed by atoms with Crippen molar-refractivity contribution in [2.45, 2.75) is 64.5 Å². The fraction of sp³-hybridized carbons (Fsp3) is 1.00. The van der Waals surface area contributed by atoms with Gasteiger partial charge in [0.2, 0.25) is 0 Å². The topological polar surface area (TPSA) is 12.0 Å². The highest BCUT2D eigenvalue weighted by atomic mass is 15.0. The molecule has 0 amide bonds. The van der Waals surface area contributed by atoms with Crippen LogP contribution < -0.4 is 5.32 Å². The van der Waals surface area contributed by atoms with Crippen LogP contribution in [-0.2, 0) is 0 Å². The van der Waals surface area contributed by atoms with Gasteiger partial charge in [-0.15, -0.1) is 0 Å². The van der Waals surface area contributed by atoms with E-state index in [1.54, 1.807) is 0 Å². The van der Waals surface area contributed by atoms with E-state index < -0.39 is 0 Å². The van der Waals surface area contributed by atoms with Crippen LogP contribution in [0.25, 0.3) is 0 Å². The first-order valence-electron chi connectivity index (χ1n) is 6.05. The monoisotopic (exact) mass is 181 g/mol. The van der Waals surface area contributed by atoms with E-state index in [0.29, 0.717) is 0 Å². The van der Waals surface area contributed by atoms with Gasteiger partial charge in [0, 0.05) is 12.1 Å². The van der Waals surface area contributed by atoms with Crippen LogP contribution in [0.5, 0.6) is 0 Å². The van der Waals surface area contributed by atoms with E-state index >= 15 is 0 Å². The average molecular weight is 181 g/mol. The van der Waals surface area contributed by atoms with Crippen LogP contribution in [0.15, 0.2) is 0 Å². The summed E-state index contributed by atoms with van der Waals surface area (Å²) >= 11 is 0. The molecule has 0 saturated heterocycles. The van der Waals surface area contributed by atoms with Crippen LogP contribution in [-0.4, -0.2) is 12.1 Å². The summed E-state index contributed by atoms with van der Waals surface area (Å²) in [7, 11) is 0. The van der Waals surface area contributed by atoms with Crippen LogP contribution in [0.2, 0.25) is 0 Å². The molecule has 0 spiro atoms. The summed E-state index contributed by atoms with van der Waals surface area (Å²) in [6.07, 6.45) is 8.68. The molecule has 1 nitrogen and oxygen atoms in total. The average Bonchev–Trinajstić information content (AvgIpc) is 2.96. The molecular formula is C12H23N. The van der Waals surface area contributed by atoms with Crippen LogP contribution in [0.1, 0.15) is 52.4 Å². The molecule has 2 fully saturated rings. The van der Waals surface area contributed by atoms with Gasteiger partial charge in [-0.25, -0.2) is 0 Å². The molecule has 0 aromatic rings. The fourth-order valence-corrected chi connectivity index (χ4v) is 2.21. The van der Waals surface area contributed by atoms with E-state index in [9.17, 15) is 0 Å². The Balaban J connectivity index is 1.68. The summed E-state index contributed by atoms with van der Waals surface area (Å²) in [5, 5.41) is 3.80. The highest BCUT2D eigenvalue weighted by Gasteiger charge is 2.30. The van der Waals surface area contributed by atoms with E-state index in [1.807, 2.05) is 0 Å². The molecule has 0 aromatic heterocycles. The minimum absolute atomic E-state index is 0.781. The summed E-state index contributed by atoms with van der Waals surface area (Å²) in [6, 6.07) is 1.59. The Labute approximate surface area is 82.3 Å². The quantitative estimate of drug-likeness (QED) is 0.664. The minimum Gasteiger partial charge on any atom is -0.311 e. The van der Waals surface area contributed by atoms with Gasteiger partial charge in [-0.2, -0.15) is 0 Å². The van der Waals surface area contributed by atoms with Gasteiger partial charge in [-0.05, 0) is 44.4 Å². The molecular weight excluding hydrogens is 158 g/mol. The zero-order valence-electron chi connectivity index (χ0n) is 9.05. The smallest absolute Gasteiger partial charge is 0.00696 e. The number of rotatable bonds is 6. The maximum atomic E-state index is 3.80. The van der Waals surface area contributed by atoms with E-state index in [4.69, 9.17) is 0 Å². The molecule has 0 bridgehead atoms. The van der Waals surface area contributed by atoms with Crippen LogP contribution in [0.4, 0.5) is 0 Å². The van der Waals surface area contributed by atoms with Gasteiger partial charge in [0.05, 0.1) is 0 Å². The van der Waals surface area contributed by atoms with E-state index in [0.717, 1.165) is 23.9 Å². The maximum absolute atomic E-state index is 3.80. The normalized spacial score (nSPS) is 27.2. The number of hydrogen-bond acceptors (Lipinski definition) is 1. The summed E-state index contributed by atoms with van der Waals surface area (Å²) in [4.78, 5) is 0. The van der Waals surface area contributed by atoms with Gasteiger partial charge in [-0.3, -0.25) is 0 Å². The Hall–Kier alpha value is -0.0400. The van der Waals surface area contributed by atoms with E-state index in [2.05, 4.69) is 19.2 Å². The molecule has 2 atom stereocenters. The molecule has 2 aliphatic rings. The highest BCUT2D eigenvalue weighted by molar-refractivity contribution is 4.87. The fourth-order valence-electron chi connectivity index (χ4n) is 2.21. The van der Waals surface area contributed by atoms with Crippen molar-refractivity contribution in [1.82, 2.24) is 5.32 Å². The predicted molar refractivity (Wildman–Crippen MR) is 56.7 cm³/mol. The highest BCUT2D eigenvalue weighted by Crippen LogP contribution is 2.36. The zero-order chi connectivity index (χ0) is 9.26. The van der Waals surface area contributed by atoms with Crippen molar-refractivity contribution in [3.8, 4) is 0 Å². The van der Waals surface area contributed by atoms with Gasteiger partial charge in [0.1, 0.15) is 0 Å². The lowest BCUT2D eigenvalue weighted by atomic mass is 10.1. The molecule has 0 aromatic carbocycles. The molecule has 2 aliphatic carbocycles. The van der Waals surface area contributed by atoms with Gasteiger partial charge in [-0.1, -0.05) is 19.8 Å². The third-order valence-corrected chi connectivity index (χ3v) is 3.64. The molecule has 13 heavy (non-hydrogen) atoms. The SMILES string of the molecule is CCC(CC1CC1)NC(C)C1CC1. The van der Waals surface area contributed by atoms with E-state index in [-0.39, 0.29) is 0 Å². The molecule has 2 rings (SSSR count). The van der Waals surface area contributed by atoms with E-state index in [1.165, 1.54) is 38.5 Å². The van der Waals surface area contributed by atoms with Crippen LogP contribution in [0, 0.1) is 11.8 Å². The first kappa shape index (κ1) is 9.51. The lowest BCUT2D eigenvalue weighted by Crippen LogP contribution is -2.37. The Morgan fingerprint density at radius 2 is 1.92 bits per heavy atom. The Morgan fingerprint density at radius 1 is 1.23 bits per heavy atom. The van der Waals surface area contributed by atoms with Crippen molar-refractivity contribution in [3.63, 3.8) is 0 Å². The second-order valence-corrected chi connectivity index (χ2v) is 5.08. The van der Waals surface area contributed by atoms with Gasteiger partial charge >= 0.3 is 0 Å². The Kier molecular flexibility index (Phi) is 2.92. The molecule has 0 heterocycles. The minimum atomic E-state index is 0.781. The summed E-state index contributed by atoms with van der Waals surface area (Å²) in [6.45, 7) is 4.69. The molecule has 2 saturated carbocycles. The van der Waals surface area contributed by atoms with Gasteiger partial charge < -0.3 is 5.32 Å². The zero-order valence-corrected chi connectivity index (χ0v) is 9.05. The van der Waals surface area contributed by atoms with Gasteiger partial charge in [0.15, 0.2) is 0 Å².